The number of rotatable bonds is 10. The second-order valence-corrected chi connectivity index (χ2v) is 8.89. The molecule has 6 nitrogen and oxygen atoms in total. The highest BCUT2D eigenvalue weighted by Crippen LogP contribution is 2.34. The second kappa shape index (κ2) is 11.7. The molecule has 0 bridgehead atoms. The smallest absolute Gasteiger partial charge is 0.266 e. The summed E-state index contributed by atoms with van der Waals surface area (Å²) in [7, 11) is 0. The number of ether oxygens (including phenoxy) is 1. The lowest BCUT2D eigenvalue weighted by molar-refractivity contribution is -0.122. The number of amides is 2. The van der Waals surface area contributed by atoms with Crippen molar-refractivity contribution in [2.75, 3.05) is 18.5 Å². The van der Waals surface area contributed by atoms with Crippen LogP contribution in [0.2, 0.25) is 0 Å². The number of nitrogens with one attached hydrogen (secondary N) is 1. The van der Waals surface area contributed by atoms with Gasteiger partial charge in [-0.3, -0.25) is 14.5 Å². The number of unbranched alkanes of at least 4 members (excludes halogenated alkanes) is 2. The van der Waals surface area contributed by atoms with Crippen molar-refractivity contribution in [2.45, 2.75) is 32.6 Å². The predicted molar refractivity (Wildman–Crippen MR) is 133 cm³/mol. The summed E-state index contributed by atoms with van der Waals surface area (Å²) >= 11 is 6.66. The molecular formula is C24H26N2O4S2. The Balaban J connectivity index is 1.46. The van der Waals surface area contributed by atoms with Crippen molar-refractivity contribution in [1.82, 2.24) is 4.90 Å². The molecule has 0 radical (unpaired) electrons. The first-order valence-corrected chi connectivity index (χ1v) is 11.8. The van der Waals surface area contributed by atoms with E-state index in [1.54, 1.807) is 29.2 Å². The third-order valence-corrected chi connectivity index (χ3v) is 6.18. The number of phenolic OH excluding ortho intramolecular Hbond substituents is 1. The molecule has 8 heteroatoms. The van der Waals surface area contributed by atoms with Gasteiger partial charge in [0.15, 0.2) is 11.5 Å². The molecule has 0 unspecified atom stereocenters. The second-order valence-electron chi connectivity index (χ2n) is 7.22. The van der Waals surface area contributed by atoms with E-state index in [4.69, 9.17) is 17.0 Å². The monoisotopic (exact) mass is 470 g/mol. The van der Waals surface area contributed by atoms with Crippen molar-refractivity contribution in [1.29, 1.82) is 0 Å². The minimum Gasteiger partial charge on any atom is -0.504 e. The van der Waals surface area contributed by atoms with Crippen molar-refractivity contribution >= 4 is 51.9 Å². The molecule has 2 N–H and O–H groups in total. The average Bonchev–Trinajstić information content (AvgIpc) is 3.04. The van der Waals surface area contributed by atoms with E-state index in [0.29, 0.717) is 34.5 Å². The number of thioether (sulfide) groups is 1. The first-order valence-electron chi connectivity index (χ1n) is 10.5. The molecule has 2 amide bonds. The zero-order valence-corrected chi connectivity index (χ0v) is 19.5. The highest BCUT2D eigenvalue weighted by molar-refractivity contribution is 8.26. The number of para-hydroxylation sites is 1. The van der Waals surface area contributed by atoms with Crippen molar-refractivity contribution in [3.63, 3.8) is 0 Å². The molecule has 1 aliphatic rings. The highest BCUT2D eigenvalue weighted by atomic mass is 32.2. The molecule has 1 aliphatic heterocycles. The molecule has 1 saturated heterocycles. The van der Waals surface area contributed by atoms with E-state index in [0.717, 1.165) is 30.5 Å². The fourth-order valence-corrected chi connectivity index (χ4v) is 4.52. The van der Waals surface area contributed by atoms with Gasteiger partial charge in [-0.25, -0.2) is 0 Å². The topological polar surface area (TPSA) is 78.9 Å². The minimum atomic E-state index is -0.118. The lowest BCUT2D eigenvalue weighted by Crippen LogP contribution is -2.29. The molecular weight excluding hydrogens is 444 g/mol. The predicted octanol–water partition coefficient (Wildman–Crippen LogP) is 5.19. The van der Waals surface area contributed by atoms with Crippen molar-refractivity contribution in [2.24, 2.45) is 0 Å². The van der Waals surface area contributed by atoms with Gasteiger partial charge >= 0.3 is 0 Å². The molecule has 1 heterocycles. The van der Waals surface area contributed by atoms with Gasteiger partial charge in [-0.2, -0.15) is 0 Å². The van der Waals surface area contributed by atoms with Gasteiger partial charge in [-0.1, -0.05) is 54.7 Å². The van der Waals surface area contributed by atoms with E-state index < -0.39 is 0 Å². The van der Waals surface area contributed by atoms with Crippen LogP contribution in [0.15, 0.2) is 53.4 Å². The Morgan fingerprint density at radius 1 is 1.19 bits per heavy atom. The molecule has 32 heavy (non-hydrogen) atoms. The first kappa shape index (κ1) is 23.8. The van der Waals surface area contributed by atoms with E-state index in [2.05, 4.69) is 5.32 Å². The van der Waals surface area contributed by atoms with Gasteiger partial charge in [0.2, 0.25) is 5.91 Å². The Bertz CT molecular complexity index is 1010. The van der Waals surface area contributed by atoms with Gasteiger partial charge in [0.05, 0.1) is 11.5 Å². The SMILES string of the molecule is CCOc1cc(/C=C2\SC(=S)N(CCCCCC(=O)Nc3ccccc3)C2=O)ccc1O. The number of carbonyl (C=O) groups is 2. The summed E-state index contributed by atoms with van der Waals surface area (Å²) in [6.45, 7) is 2.81. The van der Waals surface area contributed by atoms with Crippen molar-refractivity contribution < 1.29 is 19.4 Å². The Kier molecular flexibility index (Phi) is 8.70. The summed E-state index contributed by atoms with van der Waals surface area (Å²) < 4.78 is 5.94. The maximum Gasteiger partial charge on any atom is 0.266 e. The molecule has 0 spiro atoms. The lowest BCUT2D eigenvalue weighted by atomic mass is 10.1. The molecule has 0 saturated carbocycles. The number of aromatic hydroxyl groups is 1. The quantitative estimate of drug-likeness (QED) is 0.283. The van der Waals surface area contributed by atoms with Crippen LogP contribution in [0.5, 0.6) is 11.5 Å². The van der Waals surface area contributed by atoms with Gasteiger partial charge < -0.3 is 15.2 Å². The highest BCUT2D eigenvalue weighted by Gasteiger charge is 2.31. The van der Waals surface area contributed by atoms with Gasteiger partial charge in [0.1, 0.15) is 4.32 Å². The van der Waals surface area contributed by atoms with Gasteiger partial charge in [0, 0.05) is 18.7 Å². The number of carbonyl (C=O) groups excluding carboxylic acids is 2. The molecule has 2 aromatic rings. The average molecular weight is 471 g/mol. The Labute approximate surface area is 197 Å². The fourth-order valence-electron chi connectivity index (χ4n) is 3.21. The molecule has 3 rings (SSSR count). The number of anilines is 1. The number of thiocarbonyl (C=S) groups is 1. The van der Waals surface area contributed by atoms with Crippen LogP contribution in [0, 0.1) is 0 Å². The summed E-state index contributed by atoms with van der Waals surface area (Å²) in [6.07, 6.45) is 4.54. The van der Waals surface area contributed by atoms with Gasteiger partial charge in [0.25, 0.3) is 5.91 Å². The molecule has 168 valence electrons. The van der Waals surface area contributed by atoms with E-state index in [1.807, 2.05) is 37.3 Å². The van der Waals surface area contributed by atoms with Crippen LogP contribution in [-0.2, 0) is 9.59 Å². The van der Waals surface area contributed by atoms with Crippen LogP contribution in [0.3, 0.4) is 0 Å². The van der Waals surface area contributed by atoms with Crippen LogP contribution >= 0.6 is 24.0 Å². The van der Waals surface area contributed by atoms with Crippen LogP contribution in [0.25, 0.3) is 6.08 Å². The van der Waals surface area contributed by atoms with Crippen LogP contribution in [-0.4, -0.2) is 39.3 Å². The van der Waals surface area contributed by atoms with Crippen molar-refractivity contribution in [3.05, 3.63) is 59.0 Å². The zero-order chi connectivity index (χ0) is 22.9. The maximum absolute atomic E-state index is 12.8. The van der Waals surface area contributed by atoms with Crippen LogP contribution < -0.4 is 10.1 Å². The van der Waals surface area contributed by atoms with E-state index >= 15 is 0 Å². The Hall–Kier alpha value is -2.84. The molecule has 1 fully saturated rings. The van der Waals surface area contributed by atoms with Crippen LogP contribution in [0.4, 0.5) is 5.69 Å². The summed E-state index contributed by atoms with van der Waals surface area (Å²) in [5, 5.41) is 12.7. The summed E-state index contributed by atoms with van der Waals surface area (Å²) in [6, 6.07) is 14.4. The molecule has 2 aromatic carbocycles. The molecule has 0 aromatic heterocycles. The first-order chi connectivity index (χ1) is 15.5. The van der Waals surface area contributed by atoms with E-state index in [1.165, 1.54) is 11.8 Å². The molecule has 0 atom stereocenters. The zero-order valence-electron chi connectivity index (χ0n) is 17.9. The van der Waals surface area contributed by atoms with Gasteiger partial charge in [-0.15, -0.1) is 0 Å². The minimum absolute atomic E-state index is 0.00920. The normalized spacial score (nSPS) is 14.8. The van der Waals surface area contributed by atoms with Crippen molar-refractivity contribution in [3.8, 4) is 11.5 Å². The molecule has 0 aliphatic carbocycles. The van der Waals surface area contributed by atoms with Crippen LogP contribution in [0.1, 0.15) is 38.2 Å². The summed E-state index contributed by atoms with van der Waals surface area (Å²) in [5.74, 6) is 0.319. The van der Waals surface area contributed by atoms with E-state index in [-0.39, 0.29) is 17.6 Å². The van der Waals surface area contributed by atoms with E-state index in [9.17, 15) is 14.7 Å². The largest absolute Gasteiger partial charge is 0.504 e. The number of hydrogen-bond acceptors (Lipinski definition) is 6. The summed E-state index contributed by atoms with van der Waals surface area (Å²) in [4.78, 5) is 26.9. The number of hydrogen-bond donors (Lipinski definition) is 2. The third kappa shape index (κ3) is 6.58. The Morgan fingerprint density at radius 3 is 2.72 bits per heavy atom. The lowest BCUT2D eigenvalue weighted by Gasteiger charge is -2.14. The Morgan fingerprint density at radius 2 is 1.97 bits per heavy atom. The number of benzene rings is 2. The summed E-state index contributed by atoms with van der Waals surface area (Å²) in [5.41, 5.74) is 1.56. The fraction of sp³-hybridized carbons (Fsp3) is 0.292. The van der Waals surface area contributed by atoms with Gasteiger partial charge in [-0.05, 0) is 55.7 Å². The number of phenols is 1. The standard InChI is InChI=1S/C24H26N2O4S2/c1-2-30-20-15-17(12-13-19(20)27)16-21-23(29)26(24(31)32-21)14-8-4-7-11-22(28)25-18-9-5-3-6-10-18/h3,5-6,9-10,12-13,15-16,27H,2,4,7-8,11,14H2,1H3,(H,25,28)/b21-16-. The maximum atomic E-state index is 12.8. The third-order valence-electron chi connectivity index (χ3n) is 4.80. The number of nitrogens with zero attached hydrogens (tertiary/aromatic N) is 1.